The van der Waals surface area contributed by atoms with Gasteiger partial charge in [0.25, 0.3) is 0 Å². The fourth-order valence-electron chi connectivity index (χ4n) is 4.22. The topological polar surface area (TPSA) is 97.2 Å². The molecular weight excluding hydrogens is 370 g/mol. The van der Waals surface area contributed by atoms with Crippen molar-refractivity contribution in [2.75, 3.05) is 11.9 Å². The van der Waals surface area contributed by atoms with Crippen molar-refractivity contribution in [1.82, 2.24) is 19.7 Å². The molecule has 152 valence electrons. The molecule has 0 bridgehead atoms. The van der Waals surface area contributed by atoms with Crippen LogP contribution < -0.4 is 5.32 Å². The van der Waals surface area contributed by atoms with Crippen LogP contribution in [-0.2, 0) is 27.3 Å². The summed E-state index contributed by atoms with van der Waals surface area (Å²) < 4.78 is 1.77. The molecule has 8 nitrogen and oxygen atoms in total. The summed E-state index contributed by atoms with van der Waals surface area (Å²) in [6.45, 7) is 0.832. The molecule has 3 amide bonds. The summed E-state index contributed by atoms with van der Waals surface area (Å²) >= 11 is 0. The van der Waals surface area contributed by atoms with E-state index in [1.165, 1.54) is 10.5 Å². The van der Waals surface area contributed by atoms with Crippen LogP contribution in [0.1, 0.15) is 37.7 Å². The van der Waals surface area contributed by atoms with Crippen LogP contribution in [-0.4, -0.2) is 43.9 Å². The van der Waals surface area contributed by atoms with Crippen molar-refractivity contribution in [2.24, 2.45) is 11.8 Å². The second-order valence-corrected chi connectivity index (χ2v) is 7.69. The third-order valence-electron chi connectivity index (χ3n) is 5.78. The second-order valence-electron chi connectivity index (χ2n) is 7.69. The minimum absolute atomic E-state index is 0.0841. The van der Waals surface area contributed by atoms with Gasteiger partial charge < -0.3 is 5.32 Å². The first kappa shape index (κ1) is 19.3. The maximum atomic E-state index is 12.5. The Balaban J connectivity index is 1.25. The van der Waals surface area contributed by atoms with Gasteiger partial charge >= 0.3 is 0 Å². The van der Waals surface area contributed by atoms with Gasteiger partial charge in [0.05, 0.1) is 11.8 Å². The van der Waals surface area contributed by atoms with Crippen molar-refractivity contribution in [3.63, 3.8) is 0 Å². The maximum absolute atomic E-state index is 12.5. The lowest BCUT2D eigenvalue weighted by Crippen LogP contribution is -2.34. The number of carbonyl (C=O) groups is 3. The SMILES string of the molecule is O=C(CCN1C(=O)C2CCCCC2C1=O)Nc1ccn(CCc2ccncc2)n1. The zero-order chi connectivity index (χ0) is 20.2. The van der Waals surface area contributed by atoms with Gasteiger partial charge in [-0.15, -0.1) is 0 Å². The highest BCUT2D eigenvalue weighted by Gasteiger charge is 2.47. The smallest absolute Gasteiger partial charge is 0.233 e. The van der Waals surface area contributed by atoms with Gasteiger partial charge in [-0.1, -0.05) is 12.8 Å². The van der Waals surface area contributed by atoms with Gasteiger partial charge in [-0.05, 0) is 37.0 Å². The molecule has 1 aliphatic carbocycles. The molecule has 2 aliphatic rings. The summed E-state index contributed by atoms with van der Waals surface area (Å²) in [7, 11) is 0. The van der Waals surface area contributed by atoms with Crippen molar-refractivity contribution in [1.29, 1.82) is 0 Å². The summed E-state index contributed by atoms with van der Waals surface area (Å²) in [5, 5.41) is 7.10. The third kappa shape index (κ3) is 4.36. The summed E-state index contributed by atoms with van der Waals surface area (Å²) in [6.07, 6.45) is 9.80. The number of hydrogen-bond donors (Lipinski definition) is 1. The molecule has 0 aromatic carbocycles. The zero-order valence-electron chi connectivity index (χ0n) is 16.3. The Bertz CT molecular complexity index is 871. The Morgan fingerprint density at radius 3 is 2.41 bits per heavy atom. The number of anilines is 1. The number of hydrogen-bond acceptors (Lipinski definition) is 5. The van der Waals surface area contributed by atoms with Crippen LogP contribution in [0.5, 0.6) is 0 Å². The molecule has 1 saturated heterocycles. The average molecular weight is 395 g/mol. The average Bonchev–Trinajstić information content (AvgIpc) is 3.29. The molecule has 0 radical (unpaired) electrons. The van der Waals surface area contributed by atoms with Gasteiger partial charge in [0.15, 0.2) is 5.82 Å². The normalized spacial score (nSPS) is 21.3. The fraction of sp³-hybridized carbons (Fsp3) is 0.476. The first-order valence-corrected chi connectivity index (χ1v) is 10.2. The lowest BCUT2D eigenvalue weighted by molar-refractivity contribution is -0.140. The van der Waals surface area contributed by atoms with Crippen LogP contribution in [0.25, 0.3) is 0 Å². The first-order chi connectivity index (χ1) is 14.1. The molecule has 0 spiro atoms. The Labute approximate surface area is 169 Å². The number of aromatic nitrogens is 3. The standard InChI is InChI=1S/C21H25N5O3/c27-19(9-14-26-20(28)16-3-1-2-4-17(16)21(26)29)23-18-8-13-25(24-18)12-7-15-5-10-22-11-6-15/h5-6,8,10-11,13,16-17H,1-4,7,9,12,14H2,(H,23,24,27). The number of carbonyl (C=O) groups excluding carboxylic acids is 3. The van der Waals surface area contributed by atoms with E-state index in [0.29, 0.717) is 12.4 Å². The lowest BCUT2D eigenvalue weighted by Gasteiger charge is -2.19. The van der Waals surface area contributed by atoms with E-state index < -0.39 is 0 Å². The van der Waals surface area contributed by atoms with Crippen molar-refractivity contribution in [2.45, 2.75) is 45.1 Å². The zero-order valence-corrected chi connectivity index (χ0v) is 16.3. The van der Waals surface area contributed by atoms with E-state index in [0.717, 1.165) is 32.1 Å². The maximum Gasteiger partial charge on any atom is 0.233 e. The van der Waals surface area contributed by atoms with E-state index in [9.17, 15) is 14.4 Å². The number of nitrogens with one attached hydrogen (secondary N) is 1. The minimum atomic E-state index is -0.250. The molecule has 1 aliphatic heterocycles. The van der Waals surface area contributed by atoms with Gasteiger partial charge in [-0.25, -0.2) is 0 Å². The van der Waals surface area contributed by atoms with E-state index >= 15 is 0 Å². The van der Waals surface area contributed by atoms with E-state index in [1.807, 2.05) is 18.3 Å². The molecule has 29 heavy (non-hydrogen) atoms. The highest BCUT2D eigenvalue weighted by atomic mass is 16.2. The summed E-state index contributed by atoms with van der Waals surface area (Å²) in [4.78, 5) is 42.5. The van der Waals surface area contributed by atoms with E-state index in [2.05, 4.69) is 15.4 Å². The van der Waals surface area contributed by atoms with Gasteiger partial charge in [0.1, 0.15) is 0 Å². The number of amides is 3. The lowest BCUT2D eigenvalue weighted by atomic mass is 9.81. The number of nitrogens with zero attached hydrogens (tertiary/aromatic N) is 4. The van der Waals surface area contributed by atoms with Crippen LogP contribution in [0.4, 0.5) is 5.82 Å². The molecule has 2 fully saturated rings. The number of fused-ring (bicyclic) bond motifs is 1. The molecule has 2 aromatic heterocycles. The van der Waals surface area contributed by atoms with E-state index in [1.54, 1.807) is 23.1 Å². The first-order valence-electron chi connectivity index (χ1n) is 10.2. The molecule has 2 aromatic rings. The Kier molecular flexibility index (Phi) is 5.69. The molecule has 8 heteroatoms. The molecule has 3 heterocycles. The molecule has 1 N–H and O–H groups in total. The van der Waals surface area contributed by atoms with Gasteiger partial charge in [-0.2, -0.15) is 5.10 Å². The molecule has 4 rings (SSSR count). The predicted molar refractivity (Wildman–Crippen MR) is 106 cm³/mol. The Hall–Kier alpha value is -3.03. The number of likely N-dealkylation sites (tertiary alicyclic amines) is 1. The van der Waals surface area contributed by atoms with Gasteiger partial charge in [-0.3, -0.25) is 28.9 Å². The van der Waals surface area contributed by atoms with Crippen LogP contribution >= 0.6 is 0 Å². The Morgan fingerprint density at radius 2 is 1.72 bits per heavy atom. The number of rotatable bonds is 7. The number of imide groups is 1. The number of aryl methyl sites for hydroxylation is 2. The van der Waals surface area contributed by atoms with Crippen molar-refractivity contribution in [3.05, 3.63) is 42.4 Å². The summed E-state index contributed by atoms with van der Waals surface area (Å²) in [5.74, 6) is -0.330. The van der Waals surface area contributed by atoms with Crippen molar-refractivity contribution < 1.29 is 14.4 Å². The van der Waals surface area contributed by atoms with Crippen molar-refractivity contribution in [3.8, 4) is 0 Å². The highest BCUT2D eigenvalue weighted by Crippen LogP contribution is 2.37. The molecule has 2 atom stereocenters. The van der Waals surface area contributed by atoms with Crippen LogP contribution in [0.3, 0.4) is 0 Å². The monoisotopic (exact) mass is 395 g/mol. The minimum Gasteiger partial charge on any atom is -0.309 e. The van der Waals surface area contributed by atoms with E-state index in [4.69, 9.17) is 0 Å². The largest absolute Gasteiger partial charge is 0.309 e. The number of pyridine rings is 1. The van der Waals surface area contributed by atoms with Gasteiger partial charge in [0.2, 0.25) is 17.7 Å². The predicted octanol–water partition coefficient (Wildman–Crippen LogP) is 2.02. The van der Waals surface area contributed by atoms with Crippen LogP contribution in [0, 0.1) is 11.8 Å². The van der Waals surface area contributed by atoms with Crippen molar-refractivity contribution >= 4 is 23.5 Å². The van der Waals surface area contributed by atoms with Crippen LogP contribution in [0.15, 0.2) is 36.8 Å². The fourth-order valence-corrected chi connectivity index (χ4v) is 4.22. The highest BCUT2D eigenvalue weighted by molar-refractivity contribution is 6.05. The molecule has 1 saturated carbocycles. The molecular formula is C21H25N5O3. The quantitative estimate of drug-likeness (QED) is 0.724. The van der Waals surface area contributed by atoms with Gasteiger partial charge in [0, 0.05) is 44.2 Å². The summed E-state index contributed by atoms with van der Waals surface area (Å²) in [6, 6.07) is 5.66. The third-order valence-corrected chi connectivity index (χ3v) is 5.78. The van der Waals surface area contributed by atoms with E-state index in [-0.39, 0.29) is 42.5 Å². The van der Waals surface area contributed by atoms with Crippen LogP contribution in [0.2, 0.25) is 0 Å². The Morgan fingerprint density at radius 1 is 1.03 bits per heavy atom. The molecule has 2 unspecified atom stereocenters. The second kappa shape index (κ2) is 8.55. The summed E-state index contributed by atoms with van der Waals surface area (Å²) in [5.41, 5.74) is 1.17.